The zero-order valence-corrected chi connectivity index (χ0v) is 16.0. The zero-order valence-electron chi connectivity index (χ0n) is 14.4. The molecule has 0 aliphatic rings. The molecule has 1 aromatic rings. The van der Waals surface area contributed by atoms with Crippen molar-refractivity contribution in [2.45, 2.75) is 26.3 Å². The number of amides is 4. The Morgan fingerprint density at radius 1 is 1.12 bits per heavy atom. The minimum Gasteiger partial charge on any atom is -0.454 e. The van der Waals surface area contributed by atoms with Gasteiger partial charge in [-0.1, -0.05) is 23.2 Å². The number of esters is 1. The van der Waals surface area contributed by atoms with Crippen molar-refractivity contribution in [2.24, 2.45) is 0 Å². The lowest BCUT2D eigenvalue weighted by molar-refractivity contribution is -0.147. The molecular weight excluding hydrogens is 385 g/mol. The largest absolute Gasteiger partial charge is 0.454 e. The minimum atomic E-state index is -0.852. The first-order valence-electron chi connectivity index (χ1n) is 7.49. The second-order valence-electron chi connectivity index (χ2n) is 6.22. The van der Waals surface area contributed by atoms with Crippen molar-refractivity contribution in [3.05, 3.63) is 33.8 Å². The Bertz CT molecular complexity index is 716. The van der Waals surface area contributed by atoms with E-state index in [-0.39, 0.29) is 10.6 Å². The summed E-state index contributed by atoms with van der Waals surface area (Å²) < 4.78 is 4.67. The van der Waals surface area contributed by atoms with Crippen molar-refractivity contribution >= 4 is 47.0 Å². The van der Waals surface area contributed by atoms with Crippen LogP contribution in [0.3, 0.4) is 0 Å². The molecular formula is C16H19Cl2N3O5. The van der Waals surface area contributed by atoms with Crippen molar-refractivity contribution < 1.29 is 23.9 Å². The van der Waals surface area contributed by atoms with E-state index < -0.39 is 42.5 Å². The van der Waals surface area contributed by atoms with E-state index in [9.17, 15) is 19.2 Å². The van der Waals surface area contributed by atoms with Crippen molar-refractivity contribution in [3.63, 3.8) is 0 Å². The summed E-state index contributed by atoms with van der Waals surface area (Å²) in [4.78, 5) is 46.5. The smallest absolute Gasteiger partial charge is 0.325 e. The Labute approximate surface area is 160 Å². The van der Waals surface area contributed by atoms with Gasteiger partial charge in [0.05, 0.1) is 10.6 Å². The third-order valence-corrected chi connectivity index (χ3v) is 3.22. The molecule has 0 aliphatic carbocycles. The van der Waals surface area contributed by atoms with Gasteiger partial charge in [-0.2, -0.15) is 0 Å². The Morgan fingerprint density at radius 3 is 2.35 bits per heavy atom. The van der Waals surface area contributed by atoms with Gasteiger partial charge in [0, 0.05) is 10.6 Å². The summed E-state index contributed by atoms with van der Waals surface area (Å²) >= 11 is 11.6. The van der Waals surface area contributed by atoms with Crippen LogP contribution in [-0.4, -0.2) is 42.5 Å². The molecule has 4 amide bonds. The van der Waals surface area contributed by atoms with E-state index in [4.69, 9.17) is 23.2 Å². The van der Waals surface area contributed by atoms with Gasteiger partial charge in [0.1, 0.15) is 6.54 Å². The van der Waals surface area contributed by atoms with E-state index in [1.807, 2.05) is 5.32 Å². The topological polar surface area (TPSA) is 114 Å². The summed E-state index contributed by atoms with van der Waals surface area (Å²) in [6, 6.07) is 3.58. The summed E-state index contributed by atoms with van der Waals surface area (Å²) in [5, 5.41) is 7.33. The zero-order chi connectivity index (χ0) is 19.9. The van der Waals surface area contributed by atoms with Crippen molar-refractivity contribution in [1.82, 2.24) is 16.0 Å². The lowest BCUT2D eigenvalue weighted by Gasteiger charge is -2.20. The fourth-order valence-electron chi connectivity index (χ4n) is 1.65. The third-order valence-electron chi connectivity index (χ3n) is 2.67. The number of hydrogen-bond donors (Lipinski definition) is 3. The average molecular weight is 404 g/mol. The molecule has 0 aliphatic heterocycles. The lowest BCUT2D eigenvalue weighted by Crippen LogP contribution is -2.49. The molecule has 8 nitrogen and oxygen atoms in total. The van der Waals surface area contributed by atoms with Crippen LogP contribution in [0.15, 0.2) is 18.2 Å². The van der Waals surface area contributed by atoms with Gasteiger partial charge in [-0.15, -0.1) is 0 Å². The van der Waals surface area contributed by atoms with E-state index in [2.05, 4.69) is 15.4 Å². The highest BCUT2D eigenvalue weighted by Gasteiger charge is 2.17. The minimum absolute atomic E-state index is 0.132. The molecule has 1 aromatic carbocycles. The molecule has 0 saturated carbocycles. The molecule has 26 heavy (non-hydrogen) atoms. The van der Waals surface area contributed by atoms with Gasteiger partial charge in [-0.25, -0.2) is 4.79 Å². The second kappa shape index (κ2) is 9.40. The van der Waals surface area contributed by atoms with Crippen LogP contribution < -0.4 is 16.0 Å². The number of carbonyl (C=O) groups excluding carboxylic acids is 4. The Kier molecular flexibility index (Phi) is 7.85. The Morgan fingerprint density at radius 2 is 1.77 bits per heavy atom. The van der Waals surface area contributed by atoms with Crippen molar-refractivity contribution in [2.75, 3.05) is 13.2 Å². The molecule has 142 valence electrons. The van der Waals surface area contributed by atoms with Gasteiger partial charge in [-0.3, -0.25) is 19.7 Å². The maximum atomic E-state index is 11.9. The van der Waals surface area contributed by atoms with Gasteiger partial charge >= 0.3 is 12.0 Å². The monoisotopic (exact) mass is 403 g/mol. The van der Waals surface area contributed by atoms with Crippen LogP contribution in [0.5, 0.6) is 0 Å². The number of halogens is 2. The van der Waals surface area contributed by atoms with Crippen LogP contribution in [0.1, 0.15) is 31.1 Å². The molecule has 0 heterocycles. The summed E-state index contributed by atoms with van der Waals surface area (Å²) in [5.74, 6) is -2.25. The standard InChI is InChI=1S/C16H19Cl2N3O5/c1-16(2,3)21-15(25)20-12(22)8-26-13(23)7-19-14(24)10-5-4-9(17)6-11(10)18/h4-6H,7-8H2,1-3H3,(H,19,24)(H2,20,21,22,25). The first-order chi connectivity index (χ1) is 12.0. The normalized spacial score (nSPS) is 10.7. The van der Waals surface area contributed by atoms with Crippen LogP contribution in [0.4, 0.5) is 4.79 Å². The number of nitrogens with one attached hydrogen (secondary N) is 3. The fraction of sp³-hybridized carbons (Fsp3) is 0.375. The van der Waals surface area contributed by atoms with Gasteiger partial charge in [-0.05, 0) is 39.0 Å². The van der Waals surface area contributed by atoms with Crippen LogP contribution >= 0.6 is 23.2 Å². The quantitative estimate of drug-likeness (QED) is 0.649. The van der Waals surface area contributed by atoms with E-state index in [1.54, 1.807) is 20.8 Å². The summed E-state index contributed by atoms with van der Waals surface area (Å²) in [5.41, 5.74) is -0.380. The first-order valence-corrected chi connectivity index (χ1v) is 8.24. The first kappa shape index (κ1) is 21.7. The molecule has 0 atom stereocenters. The van der Waals surface area contributed by atoms with Crippen molar-refractivity contribution in [1.29, 1.82) is 0 Å². The van der Waals surface area contributed by atoms with Gasteiger partial charge < -0.3 is 15.4 Å². The summed E-state index contributed by atoms with van der Waals surface area (Å²) in [6.45, 7) is 4.10. The molecule has 0 spiro atoms. The molecule has 0 aromatic heterocycles. The summed E-state index contributed by atoms with van der Waals surface area (Å²) in [6.07, 6.45) is 0. The third kappa shape index (κ3) is 8.17. The number of urea groups is 1. The van der Waals surface area contributed by atoms with Crippen LogP contribution in [0.2, 0.25) is 10.0 Å². The SMILES string of the molecule is CC(C)(C)NC(=O)NC(=O)COC(=O)CNC(=O)c1ccc(Cl)cc1Cl. The number of hydrogen-bond acceptors (Lipinski definition) is 5. The van der Waals surface area contributed by atoms with Crippen LogP contribution in [0, 0.1) is 0 Å². The van der Waals surface area contributed by atoms with Crippen LogP contribution in [-0.2, 0) is 14.3 Å². The van der Waals surface area contributed by atoms with E-state index in [0.29, 0.717) is 5.02 Å². The Hall–Kier alpha value is -2.32. The van der Waals surface area contributed by atoms with E-state index in [0.717, 1.165) is 0 Å². The lowest BCUT2D eigenvalue weighted by atomic mass is 10.1. The number of benzene rings is 1. The predicted molar refractivity (Wildman–Crippen MR) is 96.2 cm³/mol. The maximum Gasteiger partial charge on any atom is 0.325 e. The maximum absolute atomic E-state index is 11.9. The van der Waals surface area contributed by atoms with E-state index in [1.165, 1.54) is 18.2 Å². The molecule has 0 saturated heterocycles. The van der Waals surface area contributed by atoms with E-state index >= 15 is 0 Å². The molecule has 0 fully saturated rings. The van der Waals surface area contributed by atoms with Gasteiger partial charge in [0.15, 0.2) is 6.61 Å². The molecule has 0 unspecified atom stereocenters. The molecule has 0 bridgehead atoms. The summed E-state index contributed by atoms with van der Waals surface area (Å²) in [7, 11) is 0. The van der Waals surface area contributed by atoms with Gasteiger partial charge in [0.2, 0.25) is 0 Å². The second-order valence-corrected chi connectivity index (χ2v) is 7.06. The molecule has 0 radical (unpaired) electrons. The number of carbonyl (C=O) groups is 4. The highest BCUT2D eigenvalue weighted by molar-refractivity contribution is 6.36. The molecule has 10 heteroatoms. The molecule has 1 rings (SSSR count). The Balaban J connectivity index is 2.37. The highest BCUT2D eigenvalue weighted by Crippen LogP contribution is 2.20. The number of imide groups is 1. The number of rotatable bonds is 5. The van der Waals surface area contributed by atoms with Crippen molar-refractivity contribution in [3.8, 4) is 0 Å². The average Bonchev–Trinajstić information content (AvgIpc) is 2.48. The fourth-order valence-corrected chi connectivity index (χ4v) is 2.15. The van der Waals surface area contributed by atoms with Crippen LogP contribution in [0.25, 0.3) is 0 Å². The van der Waals surface area contributed by atoms with Gasteiger partial charge in [0.25, 0.3) is 11.8 Å². The number of ether oxygens (including phenoxy) is 1. The molecule has 3 N–H and O–H groups in total. The highest BCUT2D eigenvalue weighted by atomic mass is 35.5. The predicted octanol–water partition coefficient (Wildman–Crippen LogP) is 1.89.